The van der Waals surface area contributed by atoms with Crippen LogP contribution in [0.25, 0.3) is 10.8 Å². The SMILES string of the molecule is COCCOCCOc1ccc(Nc2cc(Oc3ccc(NC(=O)Nc4cc(C(C)(C)C)cc(S(C)(=O)=O)c4OC)c4ccccc34)ccn2)cc1OC. The van der Waals surface area contributed by atoms with Crippen LogP contribution in [0.5, 0.6) is 28.7 Å². The highest BCUT2D eigenvalue weighted by Gasteiger charge is 2.25. The smallest absolute Gasteiger partial charge is 0.323 e. The van der Waals surface area contributed by atoms with Gasteiger partial charge in [-0.15, -0.1) is 0 Å². The molecule has 0 saturated carbocycles. The molecule has 0 aliphatic rings. The average molecular weight is 759 g/mol. The molecule has 0 saturated heterocycles. The molecule has 14 heteroatoms. The number of hydrogen-bond acceptors (Lipinski definition) is 11. The first kappa shape index (κ1) is 39.6. The van der Waals surface area contributed by atoms with E-state index in [1.807, 2.05) is 63.2 Å². The fourth-order valence-electron chi connectivity index (χ4n) is 5.50. The van der Waals surface area contributed by atoms with Gasteiger partial charge in [-0.3, -0.25) is 0 Å². The first-order chi connectivity index (χ1) is 25.8. The van der Waals surface area contributed by atoms with Crippen molar-refractivity contribution >= 4 is 49.5 Å². The molecule has 1 heterocycles. The quantitative estimate of drug-likeness (QED) is 0.0835. The summed E-state index contributed by atoms with van der Waals surface area (Å²) in [5, 5.41) is 10.5. The van der Waals surface area contributed by atoms with Gasteiger partial charge in [-0.1, -0.05) is 45.0 Å². The number of fused-ring (bicyclic) bond motifs is 1. The second-order valence-corrected chi connectivity index (χ2v) is 15.2. The van der Waals surface area contributed by atoms with E-state index in [1.54, 1.807) is 56.8 Å². The number of methoxy groups -OCH3 is 3. The molecule has 286 valence electrons. The van der Waals surface area contributed by atoms with Crippen molar-refractivity contribution in [2.75, 3.05) is 70.0 Å². The molecule has 3 N–H and O–H groups in total. The number of sulfone groups is 1. The molecule has 0 radical (unpaired) electrons. The molecule has 54 heavy (non-hydrogen) atoms. The number of hydrogen-bond donors (Lipinski definition) is 3. The lowest BCUT2D eigenvalue weighted by Gasteiger charge is -2.23. The summed E-state index contributed by atoms with van der Waals surface area (Å²) in [6, 6.07) is 22.7. The Balaban J connectivity index is 1.31. The summed E-state index contributed by atoms with van der Waals surface area (Å²) in [6.07, 6.45) is 2.74. The Morgan fingerprint density at radius 2 is 1.48 bits per heavy atom. The van der Waals surface area contributed by atoms with Gasteiger partial charge in [0.15, 0.2) is 27.1 Å². The minimum absolute atomic E-state index is 0.00657. The topological polar surface area (TPSA) is 156 Å². The first-order valence-corrected chi connectivity index (χ1v) is 19.0. The zero-order valence-corrected chi connectivity index (χ0v) is 32.3. The van der Waals surface area contributed by atoms with Gasteiger partial charge in [0.1, 0.15) is 28.8 Å². The Bertz CT molecular complexity index is 2200. The number of ether oxygens (including phenoxy) is 6. The second-order valence-electron chi connectivity index (χ2n) is 13.2. The Morgan fingerprint density at radius 3 is 2.19 bits per heavy atom. The molecule has 0 aliphatic carbocycles. The third-order valence-corrected chi connectivity index (χ3v) is 9.32. The van der Waals surface area contributed by atoms with Gasteiger partial charge in [0.2, 0.25) is 0 Å². The van der Waals surface area contributed by atoms with Gasteiger partial charge in [0, 0.05) is 48.2 Å². The predicted molar refractivity (Wildman–Crippen MR) is 210 cm³/mol. The molecule has 0 spiro atoms. The molecule has 0 fully saturated rings. The maximum Gasteiger partial charge on any atom is 0.323 e. The number of benzene rings is 4. The Labute approximate surface area is 315 Å². The number of nitrogens with zero attached hydrogens (tertiary/aromatic N) is 1. The van der Waals surface area contributed by atoms with E-state index in [0.717, 1.165) is 28.3 Å². The lowest BCUT2D eigenvalue weighted by atomic mass is 9.86. The third kappa shape index (κ3) is 10.1. The van der Waals surface area contributed by atoms with Crippen molar-refractivity contribution < 1.29 is 41.6 Å². The van der Waals surface area contributed by atoms with Crippen LogP contribution >= 0.6 is 0 Å². The molecule has 5 aromatic rings. The minimum Gasteiger partial charge on any atom is -0.493 e. The summed E-state index contributed by atoms with van der Waals surface area (Å²) in [4.78, 5) is 17.9. The lowest BCUT2D eigenvalue weighted by molar-refractivity contribution is 0.0540. The van der Waals surface area contributed by atoms with E-state index in [4.69, 9.17) is 28.4 Å². The van der Waals surface area contributed by atoms with E-state index in [-0.39, 0.29) is 16.3 Å². The van der Waals surface area contributed by atoms with Crippen molar-refractivity contribution in [1.29, 1.82) is 0 Å². The van der Waals surface area contributed by atoms with Crippen molar-refractivity contribution in [1.82, 2.24) is 4.98 Å². The van der Waals surface area contributed by atoms with Crippen LogP contribution in [0.15, 0.2) is 90.0 Å². The maximum absolute atomic E-state index is 13.4. The van der Waals surface area contributed by atoms with Gasteiger partial charge in [-0.25, -0.2) is 18.2 Å². The van der Waals surface area contributed by atoms with E-state index in [2.05, 4.69) is 20.9 Å². The Hall–Kier alpha value is -5.57. The summed E-state index contributed by atoms with van der Waals surface area (Å²) >= 11 is 0. The van der Waals surface area contributed by atoms with E-state index >= 15 is 0 Å². The average Bonchev–Trinajstić information content (AvgIpc) is 3.13. The highest BCUT2D eigenvalue weighted by Crippen LogP contribution is 2.39. The van der Waals surface area contributed by atoms with Crippen molar-refractivity contribution in [3.8, 4) is 28.7 Å². The normalized spacial score (nSPS) is 11.5. The predicted octanol–water partition coefficient (Wildman–Crippen LogP) is 8.17. The van der Waals surface area contributed by atoms with Crippen LogP contribution < -0.4 is 34.9 Å². The van der Waals surface area contributed by atoms with Crippen LogP contribution in [0.4, 0.5) is 27.7 Å². The summed E-state index contributed by atoms with van der Waals surface area (Å²) in [5.41, 5.74) is 1.80. The number of urea groups is 1. The van der Waals surface area contributed by atoms with Crippen LogP contribution in [0.1, 0.15) is 26.3 Å². The zero-order chi connectivity index (χ0) is 38.9. The largest absolute Gasteiger partial charge is 0.493 e. The van der Waals surface area contributed by atoms with E-state index in [9.17, 15) is 13.2 Å². The fourth-order valence-corrected chi connectivity index (χ4v) is 6.37. The zero-order valence-electron chi connectivity index (χ0n) is 31.4. The fraction of sp³-hybridized carbons (Fsp3) is 0.300. The highest BCUT2D eigenvalue weighted by molar-refractivity contribution is 7.90. The third-order valence-electron chi connectivity index (χ3n) is 8.22. The summed E-state index contributed by atoms with van der Waals surface area (Å²) < 4.78 is 59.0. The molecule has 13 nitrogen and oxygen atoms in total. The van der Waals surface area contributed by atoms with Crippen molar-refractivity contribution in [3.63, 3.8) is 0 Å². The summed E-state index contributed by atoms with van der Waals surface area (Å²) in [7, 11) is 0.898. The van der Waals surface area contributed by atoms with E-state index < -0.39 is 21.3 Å². The van der Waals surface area contributed by atoms with Crippen LogP contribution in [-0.2, 0) is 24.7 Å². The van der Waals surface area contributed by atoms with Gasteiger partial charge < -0.3 is 44.4 Å². The van der Waals surface area contributed by atoms with Gasteiger partial charge in [-0.05, 0) is 53.4 Å². The lowest BCUT2D eigenvalue weighted by Crippen LogP contribution is -2.22. The van der Waals surface area contributed by atoms with E-state index in [0.29, 0.717) is 60.9 Å². The molecule has 1 aromatic heterocycles. The number of aromatic nitrogens is 1. The van der Waals surface area contributed by atoms with Gasteiger partial charge in [0.25, 0.3) is 0 Å². The summed E-state index contributed by atoms with van der Waals surface area (Å²) in [6.45, 7) is 7.68. The van der Waals surface area contributed by atoms with Crippen molar-refractivity contribution in [3.05, 3.63) is 90.6 Å². The number of nitrogens with one attached hydrogen (secondary N) is 3. The molecule has 5 rings (SSSR count). The first-order valence-electron chi connectivity index (χ1n) is 17.1. The maximum atomic E-state index is 13.4. The standard InChI is InChI=1S/C40H46N4O9S/c1-40(2,3)26-22-32(38(50-6)36(23-26)54(7,46)47)44-39(45)43-31-13-15-33(30-11-9-8-10-29(30)31)53-28-16-17-41-37(25-28)42-27-12-14-34(35(24-27)49-5)52-21-20-51-19-18-48-4/h8-17,22-25H,18-21H2,1-7H3,(H,41,42)(H2,43,44,45). The number of pyridine rings is 1. The molecule has 0 atom stereocenters. The number of carbonyl (C=O) groups is 1. The molecular weight excluding hydrogens is 713 g/mol. The number of rotatable bonds is 16. The number of amides is 2. The molecule has 2 amide bonds. The minimum atomic E-state index is -3.67. The van der Waals surface area contributed by atoms with Crippen LogP contribution in [0, 0.1) is 0 Å². The second kappa shape index (κ2) is 17.5. The Morgan fingerprint density at radius 1 is 0.759 bits per heavy atom. The molecule has 4 aromatic carbocycles. The van der Waals surface area contributed by atoms with E-state index in [1.165, 1.54) is 7.11 Å². The number of carbonyl (C=O) groups excluding carboxylic acids is 1. The van der Waals surface area contributed by atoms with Crippen LogP contribution in [-0.4, -0.2) is 73.4 Å². The number of anilines is 4. The molecule has 0 bridgehead atoms. The molecule has 0 unspecified atom stereocenters. The van der Waals surface area contributed by atoms with Crippen LogP contribution in [0.3, 0.4) is 0 Å². The summed E-state index contributed by atoms with van der Waals surface area (Å²) in [5.74, 6) is 2.82. The monoisotopic (exact) mass is 758 g/mol. The highest BCUT2D eigenvalue weighted by atomic mass is 32.2. The molecule has 0 aliphatic heterocycles. The van der Waals surface area contributed by atoms with Crippen molar-refractivity contribution in [2.24, 2.45) is 0 Å². The van der Waals surface area contributed by atoms with Crippen LogP contribution in [0.2, 0.25) is 0 Å². The van der Waals surface area contributed by atoms with Gasteiger partial charge >= 0.3 is 6.03 Å². The van der Waals surface area contributed by atoms with Crippen molar-refractivity contribution in [2.45, 2.75) is 31.1 Å². The molecular formula is C40H46N4O9S. The van der Waals surface area contributed by atoms with Gasteiger partial charge in [-0.2, -0.15) is 0 Å². The van der Waals surface area contributed by atoms with Gasteiger partial charge in [0.05, 0.1) is 45.4 Å². The Kier molecular flexibility index (Phi) is 12.8.